The fourth-order valence-electron chi connectivity index (χ4n) is 3.24. The molecule has 1 aliphatic heterocycles. The van der Waals surface area contributed by atoms with Crippen molar-refractivity contribution in [2.75, 3.05) is 16.8 Å². The molecule has 0 unspecified atom stereocenters. The summed E-state index contributed by atoms with van der Waals surface area (Å²) in [4.78, 5) is 27.0. The number of fused-ring (bicyclic) bond motifs is 2. The van der Waals surface area contributed by atoms with Gasteiger partial charge in [0.05, 0.1) is 11.3 Å². The smallest absolute Gasteiger partial charge is 0.262 e. The fraction of sp³-hybridized carbons (Fsp3) is 0.0833. The molecule has 5 heteroatoms. The van der Waals surface area contributed by atoms with E-state index >= 15 is 0 Å². The molecule has 0 radical (unpaired) electrons. The van der Waals surface area contributed by atoms with Crippen LogP contribution < -0.4 is 15.0 Å². The number of ether oxygens (including phenoxy) is 1. The van der Waals surface area contributed by atoms with Gasteiger partial charge in [-0.3, -0.25) is 9.59 Å². The van der Waals surface area contributed by atoms with E-state index in [1.807, 2.05) is 61.5 Å². The molecule has 29 heavy (non-hydrogen) atoms. The van der Waals surface area contributed by atoms with Crippen molar-refractivity contribution in [1.82, 2.24) is 0 Å². The minimum absolute atomic E-state index is 0.164. The van der Waals surface area contributed by atoms with Gasteiger partial charge in [0.2, 0.25) is 5.91 Å². The molecule has 0 saturated heterocycles. The number of para-hydroxylation sites is 2. The lowest BCUT2D eigenvalue weighted by atomic mass is 10.1. The van der Waals surface area contributed by atoms with Gasteiger partial charge in [0, 0.05) is 18.3 Å². The number of hydrogen-bond acceptors (Lipinski definition) is 3. The molecule has 0 spiro atoms. The van der Waals surface area contributed by atoms with Crippen LogP contribution in [0.4, 0.5) is 11.4 Å². The molecule has 3 aromatic carbocycles. The van der Waals surface area contributed by atoms with Gasteiger partial charge in [0.15, 0.2) is 5.75 Å². The monoisotopic (exact) mass is 384 g/mol. The molecule has 0 aliphatic carbocycles. The SMILES string of the molecule is CCN1C(=O)c2cc(NC(=O)/C=C/c3ccccc3)ccc2Oc2ccccc21. The number of carbonyl (C=O) groups is 2. The molecule has 0 atom stereocenters. The molecular weight excluding hydrogens is 364 g/mol. The zero-order valence-corrected chi connectivity index (χ0v) is 16.0. The van der Waals surface area contributed by atoms with Gasteiger partial charge in [-0.1, -0.05) is 42.5 Å². The van der Waals surface area contributed by atoms with Crippen LogP contribution >= 0.6 is 0 Å². The minimum Gasteiger partial charge on any atom is -0.454 e. The Balaban J connectivity index is 1.59. The Bertz CT molecular complexity index is 1090. The second kappa shape index (κ2) is 8.02. The molecular formula is C24H20N2O3. The maximum Gasteiger partial charge on any atom is 0.262 e. The molecule has 0 saturated carbocycles. The highest BCUT2D eigenvalue weighted by atomic mass is 16.5. The van der Waals surface area contributed by atoms with Gasteiger partial charge in [-0.25, -0.2) is 0 Å². The molecule has 3 aromatic rings. The Hall–Kier alpha value is -3.86. The summed E-state index contributed by atoms with van der Waals surface area (Å²) in [5.41, 5.74) is 2.61. The van der Waals surface area contributed by atoms with E-state index in [0.29, 0.717) is 29.3 Å². The average molecular weight is 384 g/mol. The highest BCUT2D eigenvalue weighted by Crippen LogP contribution is 2.39. The number of rotatable bonds is 4. The lowest BCUT2D eigenvalue weighted by Gasteiger charge is -2.19. The Labute approximate surface area is 169 Å². The molecule has 1 N–H and O–H groups in total. The first-order valence-electron chi connectivity index (χ1n) is 9.42. The fourth-order valence-corrected chi connectivity index (χ4v) is 3.24. The number of nitrogens with zero attached hydrogens (tertiary/aromatic N) is 1. The van der Waals surface area contributed by atoms with E-state index in [2.05, 4.69) is 5.32 Å². The third kappa shape index (κ3) is 3.89. The van der Waals surface area contributed by atoms with Gasteiger partial charge in [-0.2, -0.15) is 0 Å². The zero-order chi connectivity index (χ0) is 20.2. The standard InChI is InChI=1S/C24H20N2O3/c1-2-26-20-10-6-7-11-22(20)29-21-14-13-18(16-19(21)24(26)28)25-23(27)15-12-17-8-4-3-5-9-17/h3-16H,2H2,1H3,(H,25,27)/b15-12+. The van der Waals surface area contributed by atoms with Crippen LogP contribution in [0.25, 0.3) is 6.08 Å². The third-order valence-corrected chi connectivity index (χ3v) is 4.64. The van der Waals surface area contributed by atoms with E-state index in [1.165, 1.54) is 6.08 Å². The summed E-state index contributed by atoms with van der Waals surface area (Å²) in [5, 5.41) is 2.81. The predicted octanol–water partition coefficient (Wildman–Crippen LogP) is 5.11. The van der Waals surface area contributed by atoms with Crippen molar-refractivity contribution in [2.24, 2.45) is 0 Å². The molecule has 1 heterocycles. The van der Waals surface area contributed by atoms with Crippen LogP contribution in [0.15, 0.2) is 78.9 Å². The van der Waals surface area contributed by atoms with E-state index in [-0.39, 0.29) is 11.8 Å². The molecule has 1 aliphatic rings. The predicted molar refractivity (Wildman–Crippen MR) is 114 cm³/mol. The van der Waals surface area contributed by atoms with E-state index in [0.717, 1.165) is 11.3 Å². The van der Waals surface area contributed by atoms with Gasteiger partial charge in [-0.15, -0.1) is 0 Å². The van der Waals surface area contributed by atoms with Crippen LogP contribution in [0.2, 0.25) is 0 Å². The Morgan fingerprint density at radius 2 is 1.76 bits per heavy atom. The topological polar surface area (TPSA) is 58.6 Å². The molecule has 0 bridgehead atoms. The highest BCUT2D eigenvalue weighted by molar-refractivity contribution is 6.11. The Kier molecular flexibility index (Phi) is 5.12. The Morgan fingerprint density at radius 1 is 1.00 bits per heavy atom. The summed E-state index contributed by atoms with van der Waals surface area (Å²) in [5.74, 6) is 0.662. The molecule has 4 rings (SSSR count). The lowest BCUT2D eigenvalue weighted by Crippen LogP contribution is -2.29. The molecule has 144 valence electrons. The maximum absolute atomic E-state index is 13.1. The van der Waals surface area contributed by atoms with Crippen molar-refractivity contribution in [3.63, 3.8) is 0 Å². The number of nitrogens with one attached hydrogen (secondary N) is 1. The number of carbonyl (C=O) groups excluding carboxylic acids is 2. The van der Waals surface area contributed by atoms with Crippen LogP contribution in [0.5, 0.6) is 11.5 Å². The van der Waals surface area contributed by atoms with Crippen LogP contribution in [0.3, 0.4) is 0 Å². The van der Waals surface area contributed by atoms with Gasteiger partial charge in [0.25, 0.3) is 5.91 Å². The summed E-state index contributed by atoms with van der Waals surface area (Å²) >= 11 is 0. The molecule has 0 fully saturated rings. The third-order valence-electron chi connectivity index (χ3n) is 4.64. The summed E-state index contributed by atoms with van der Waals surface area (Å²) in [6.07, 6.45) is 3.20. The number of amides is 2. The number of benzene rings is 3. The first-order valence-corrected chi connectivity index (χ1v) is 9.42. The van der Waals surface area contributed by atoms with Crippen molar-refractivity contribution in [1.29, 1.82) is 0 Å². The second-order valence-electron chi connectivity index (χ2n) is 6.56. The highest BCUT2D eigenvalue weighted by Gasteiger charge is 2.27. The molecule has 5 nitrogen and oxygen atoms in total. The normalized spacial score (nSPS) is 12.7. The van der Waals surface area contributed by atoms with Crippen molar-refractivity contribution in [3.8, 4) is 11.5 Å². The minimum atomic E-state index is -0.272. The Morgan fingerprint density at radius 3 is 2.55 bits per heavy atom. The van der Waals surface area contributed by atoms with Crippen molar-refractivity contribution in [3.05, 3.63) is 90.0 Å². The van der Waals surface area contributed by atoms with Gasteiger partial charge < -0.3 is 15.0 Å². The van der Waals surface area contributed by atoms with Crippen molar-refractivity contribution >= 4 is 29.3 Å². The largest absolute Gasteiger partial charge is 0.454 e. The summed E-state index contributed by atoms with van der Waals surface area (Å²) in [7, 11) is 0. The van der Waals surface area contributed by atoms with Crippen molar-refractivity contribution in [2.45, 2.75) is 6.92 Å². The summed E-state index contributed by atoms with van der Waals surface area (Å²) in [6.45, 7) is 2.43. The van der Waals surface area contributed by atoms with Gasteiger partial charge in [-0.05, 0) is 48.9 Å². The number of anilines is 2. The van der Waals surface area contributed by atoms with Crippen LogP contribution in [0, 0.1) is 0 Å². The quantitative estimate of drug-likeness (QED) is 0.636. The van der Waals surface area contributed by atoms with E-state index in [9.17, 15) is 9.59 Å². The first kappa shape index (κ1) is 18.5. The van der Waals surface area contributed by atoms with E-state index < -0.39 is 0 Å². The van der Waals surface area contributed by atoms with Crippen LogP contribution in [-0.2, 0) is 4.79 Å². The summed E-state index contributed by atoms with van der Waals surface area (Å²) < 4.78 is 5.98. The van der Waals surface area contributed by atoms with Gasteiger partial charge in [0.1, 0.15) is 5.75 Å². The first-order chi connectivity index (χ1) is 14.2. The van der Waals surface area contributed by atoms with E-state index in [1.54, 1.807) is 29.2 Å². The lowest BCUT2D eigenvalue weighted by molar-refractivity contribution is -0.111. The molecule has 0 aromatic heterocycles. The molecule has 2 amide bonds. The zero-order valence-electron chi connectivity index (χ0n) is 16.0. The van der Waals surface area contributed by atoms with E-state index in [4.69, 9.17) is 4.74 Å². The van der Waals surface area contributed by atoms with Crippen LogP contribution in [0.1, 0.15) is 22.8 Å². The van der Waals surface area contributed by atoms with Crippen molar-refractivity contribution < 1.29 is 14.3 Å². The average Bonchev–Trinajstić information content (AvgIpc) is 2.87. The maximum atomic E-state index is 13.1. The second-order valence-corrected chi connectivity index (χ2v) is 6.56. The van der Waals surface area contributed by atoms with Crippen LogP contribution in [-0.4, -0.2) is 18.4 Å². The van der Waals surface area contributed by atoms with Gasteiger partial charge >= 0.3 is 0 Å². The number of hydrogen-bond donors (Lipinski definition) is 1. The summed E-state index contributed by atoms with van der Waals surface area (Å²) in [6, 6.07) is 22.1.